The first kappa shape index (κ1) is 30.3. The molecule has 230 valence electrons. The zero-order valence-corrected chi connectivity index (χ0v) is 25.4. The number of carbonyl (C=O) groups is 3. The van der Waals surface area contributed by atoms with E-state index in [2.05, 4.69) is 47.1 Å². The number of urea groups is 1. The van der Waals surface area contributed by atoms with Crippen LogP contribution >= 0.6 is 0 Å². The number of carbonyl (C=O) groups excluding carboxylic acids is 3. The summed E-state index contributed by atoms with van der Waals surface area (Å²) in [6, 6.07) is 12.2. The third kappa shape index (κ3) is 6.43. The van der Waals surface area contributed by atoms with Gasteiger partial charge in [0.1, 0.15) is 29.7 Å². The Morgan fingerprint density at radius 2 is 1.91 bits per heavy atom. The third-order valence-corrected chi connectivity index (χ3v) is 8.67. The van der Waals surface area contributed by atoms with E-state index in [1.54, 1.807) is 7.11 Å². The third-order valence-electron chi connectivity index (χ3n) is 8.67. The Morgan fingerprint density at radius 1 is 1.14 bits per heavy atom. The molecule has 2 aromatic carbocycles. The van der Waals surface area contributed by atoms with Gasteiger partial charge in [0.25, 0.3) is 0 Å². The van der Waals surface area contributed by atoms with Crippen molar-refractivity contribution in [1.82, 2.24) is 15.5 Å². The number of rotatable bonds is 4. The lowest BCUT2D eigenvalue weighted by molar-refractivity contribution is -0.139. The van der Waals surface area contributed by atoms with Crippen molar-refractivity contribution in [3.8, 4) is 5.75 Å². The first-order valence-electron chi connectivity index (χ1n) is 15.2. The summed E-state index contributed by atoms with van der Waals surface area (Å²) in [6.45, 7) is 6.49. The van der Waals surface area contributed by atoms with Crippen LogP contribution in [-0.2, 0) is 26.3 Å². The number of anilines is 1. The molecule has 43 heavy (non-hydrogen) atoms. The lowest BCUT2D eigenvalue weighted by atomic mass is 9.86. The molecule has 2 aromatic rings. The zero-order valence-electron chi connectivity index (χ0n) is 25.4. The van der Waals surface area contributed by atoms with E-state index in [-0.39, 0.29) is 24.8 Å². The minimum atomic E-state index is -0.848. The Kier molecular flexibility index (Phi) is 8.84. The average molecular weight is 590 g/mol. The highest BCUT2D eigenvalue weighted by atomic mass is 16.5. The molecule has 0 saturated carbocycles. The molecule has 10 nitrogen and oxygen atoms in total. The molecule has 0 aliphatic carbocycles. The topological polar surface area (TPSA) is 135 Å². The molecule has 4 amide bonds. The first-order valence-corrected chi connectivity index (χ1v) is 15.2. The van der Waals surface area contributed by atoms with E-state index in [4.69, 9.17) is 15.2 Å². The average Bonchev–Trinajstić information content (AvgIpc) is 3.41. The van der Waals surface area contributed by atoms with Gasteiger partial charge in [-0.15, -0.1) is 0 Å². The Hall–Kier alpha value is -4.21. The van der Waals surface area contributed by atoms with Gasteiger partial charge < -0.3 is 36.1 Å². The Labute approximate surface area is 253 Å². The number of amides is 4. The van der Waals surface area contributed by atoms with Crippen molar-refractivity contribution in [1.29, 1.82) is 0 Å². The van der Waals surface area contributed by atoms with E-state index in [1.807, 2.05) is 38.1 Å². The van der Waals surface area contributed by atoms with Gasteiger partial charge in [0.2, 0.25) is 11.8 Å². The van der Waals surface area contributed by atoms with Crippen LogP contribution in [0.1, 0.15) is 63.1 Å². The maximum absolute atomic E-state index is 13.8. The molecule has 0 spiro atoms. The van der Waals surface area contributed by atoms with Crippen LogP contribution in [0.5, 0.6) is 5.75 Å². The molecule has 1 saturated heterocycles. The van der Waals surface area contributed by atoms with Crippen LogP contribution in [0, 0.1) is 5.92 Å². The standard InChI is InChI=1S/C33H43N5O5/c1-20(2)29-31(40)38-19-23(16-26(38)30(34)39)43-28-18-33(3,22-12-8-5-9-13-22)37-25-17-27(42-4)21(15-24(25)28)11-7-6-10-14-35-32(41)36-29/h5,8-9,12-13,15,17-18,20,23,26,29,37H,6-7,10-11,14,16,19H2,1-4H3,(H2,34,39)(H2,35,36,41)/t23?,26-,29-,33?/m0/s1. The summed E-state index contributed by atoms with van der Waals surface area (Å²) < 4.78 is 12.5. The van der Waals surface area contributed by atoms with Crippen LogP contribution in [0.25, 0.3) is 5.76 Å². The highest BCUT2D eigenvalue weighted by Crippen LogP contribution is 2.43. The fourth-order valence-electron chi connectivity index (χ4n) is 6.29. The van der Waals surface area contributed by atoms with E-state index >= 15 is 0 Å². The number of nitrogens with one attached hydrogen (secondary N) is 3. The highest BCUT2D eigenvalue weighted by molar-refractivity contribution is 5.92. The van der Waals surface area contributed by atoms with E-state index in [1.165, 1.54) is 4.90 Å². The molecule has 2 unspecified atom stereocenters. The second-order valence-electron chi connectivity index (χ2n) is 12.2. The number of aryl methyl sites for hydroxylation is 1. The van der Waals surface area contributed by atoms with Crippen LogP contribution < -0.4 is 26.4 Å². The van der Waals surface area contributed by atoms with Crippen molar-refractivity contribution >= 4 is 29.3 Å². The summed E-state index contributed by atoms with van der Waals surface area (Å²) in [6.07, 6.45) is 5.27. The molecule has 1 fully saturated rings. The van der Waals surface area contributed by atoms with Crippen LogP contribution in [0.3, 0.4) is 0 Å². The van der Waals surface area contributed by atoms with Gasteiger partial charge in [-0.3, -0.25) is 9.59 Å². The molecule has 0 radical (unpaired) electrons. The number of ether oxygens (including phenoxy) is 2. The van der Waals surface area contributed by atoms with Gasteiger partial charge in [-0.1, -0.05) is 50.6 Å². The summed E-state index contributed by atoms with van der Waals surface area (Å²) in [5, 5.41) is 9.40. The van der Waals surface area contributed by atoms with E-state index in [9.17, 15) is 14.4 Å². The lowest BCUT2D eigenvalue weighted by Gasteiger charge is -2.36. The van der Waals surface area contributed by atoms with Crippen molar-refractivity contribution in [2.24, 2.45) is 11.7 Å². The number of nitrogens with two attached hydrogens (primary N) is 1. The Balaban J connectivity index is 1.57. The van der Waals surface area contributed by atoms with Gasteiger partial charge in [0.05, 0.1) is 19.2 Å². The van der Waals surface area contributed by atoms with Gasteiger partial charge in [-0.2, -0.15) is 0 Å². The Bertz CT molecular complexity index is 1390. The largest absolute Gasteiger partial charge is 0.496 e. The minimum Gasteiger partial charge on any atom is -0.496 e. The normalized spacial score (nSPS) is 26.2. The quantitative estimate of drug-likeness (QED) is 0.427. The summed E-state index contributed by atoms with van der Waals surface area (Å²) >= 11 is 0. The van der Waals surface area contributed by atoms with Crippen molar-refractivity contribution in [3.63, 3.8) is 0 Å². The SMILES string of the molecule is COc1cc2c3cc1CCCCCNC(=O)N[C@@H](C(C)C)C(=O)N1CC(C[C@H]1C(N)=O)OC3=CC(C)(c1ccccc1)N2. The Morgan fingerprint density at radius 3 is 2.60 bits per heavy atom. The summed E-state index contributed by atoms with van der Waals surface area (Å²) in [7, 11) is 1.68. The summed E-state index contributed by atoms with van der Waals surface area (Å²) in [5.74, 6) is 0.322. The van der Waals surface area contributed by atoms with Gasteiger partial charge in [0.15, 0.2) is 0 Å². The molecule has 3 heterocycles. The maximum Gasteiger partial charge on any atom is 0.315 e. The summed E-state index contributed by atoms with van der Waals surface area (Å²) in [4.78, 5) is 40.6. The number of primary amides is 1. The second kappa shape index (κ2) is 12.6. The van der Waals surface area contributed by atoms with Crippen LogP contribution in [0.15, 0.2) is 48.5 Å². The fourth-order valence-corrected chi connectivity index (χ4v) is 6.29. The van der Waals surface area contributed by atoms with Gasteiger partial charge in [0, 0.05) is 30.3 Å². The first-order chi connectivity index (χ1) is 20.6. The molecule has 4 atom stereocenters. The summed E-state index contributed by atoms with van der Waals surface area (Å²) in [5.41, 5.74) is 9.12. The monoisotopic (exact) mass is 589 g/mol. The molecule has 5 rings (SSSR count). The van der Waals surface area contributed by atoms with E-state index in [0.717, 1.165) is 53.8 Å². The highest BCUT2D eigenvalue weighted by Gasteiger charge is 2.44. The van der Waals surface area contributed by atoms with Crippen LogP contribution in [0.4, 0.5) is 10.5 Å². The fraction of sp³-hybridized carbons (Fsp3) is 0.485. The maximum atomic E-state index is 13.8. The molecular formula is C33H43N5O5. The molecule has 3 aliphatic rings. The van der Waals surface area contributed by atoms with Gasteiger partial charge in [-0.25, -0.2) is 4.79 Å². The van der Waals surface area contributed by atoms with Gasteiger partial charge >= 0.3 is 6.03 Å². The minimum absolute atomic E-state index is 0.171. The smallest absolute Gasteiger partial charge is 0.315 e. The number of hydrogen-bond acceptors (Lipinski definition) is 6. The number of methoxy groups -OCH3 is 1. The number of nitrogens with zero attached hydrogens (tertiary/aromatic N) is 1. The second-order valence-corrected chi connectivity index (χ2v) is 12.2. The van der Waals surface area contributed by atoms with Crippen LogP contribution in [-0.4, -0.2) is 61.1 Å². The van der Waals surface area contributed by atoms with E-state index < -0.39 is 35.7 Å². The van der Waals surface area contributed by atoms with Gasteiger partial charge in [-0.05, 0) is 55.4 Å². The van der Waals surface area contributed by atoms with Crippen molar-refractivity contribution in [3.05, 3.63) is 65.2 Å². The molecule has 10 heteroatoms. The van der Waals surface area contributed by atoms with Crippen molar-refractivity contribution < 1.29 is 23.9 Å². The number of fused-ring (bicyclic) bond motifs is 3. The molecule has 5 N–H and O–H groups in total. The predicted molar refractivity (Wildman–Crippen MR) is 165 cm³/mol. The molecule has 4 bridgehead atoms. The number of benzene rings is 2. The number of hydrogen-bond donors (Lipinski definition) is 4. The molecular weight excluding hydrogens is 546 g/mol. The zero-order chi connectivity index (χ0) is 30.7. The molecule has 0 aromatic heterocycles. The predicted octanol–water partition coefficient (Wildman–Crippen LogP) is 3.90. The van der Waals surface area contributed by atoms with Crippen LogP contribution in [0.2, 0.25) is 0 Å². The van der Waals surface area contributed by atoms with Crippen molar-refractivity contribution in [2.75, 3.05) is 25.5 Å². The lowest BCUT2D eigenvalue weighted by Crippen LogP contribution is -2.56. The molecule has 3 aliphatic heterocycles. The van der Waals surface area contributed by atoms with E-state index in [0.29, 0.717) is 12.3 Å². The van der Waals surface area contributed by atoms with Crippen molar-refractivity contribution in [2.45, 2.75) is 76.6 Å².